The van der Waals surface area contributed by atoms with E-state index >= 15 is 0 Å². The van der Waals surface area contributed by atoms with Crippen LogP contribution in [-0.2, 0) is 19.6 Å². The molecular formula is C11H23NO5S. The summed E-state index contributed by atoms with van der Waals surface area (Å²) in [7, 11) is -2.10. The van der Waals surface area contributed by atoms with Crippen molar-refractivity contribution in [2.45, 2.75) is 32.4 Å². The number of rotatable bonds is 9. The van der Waals surface area contributed by atoms with Crippen molar-refractivity contribution in [1.29, 1.82) is 0 Å². The molecule has 0 saturated heterocycles. The van der Waals surface area contributed by atoms with Crippen molar-refractivity contribution in [3.8, 4) is 0 Å². The van der Waals surface area contributed by atoms with Crippen molar-refractivity contribution in [2.24, 2.45) is 11.8 Å². The topological polar surface area (TPSA) is 92.7 Å². The Morgan fingerprint density at radius 3 is 2.28 bits per heavy atom. The van der Waals surface area contributed by atoms with Crippen LogP contribution < -0.4 is 4.72 Å². The van der Waals surface area contributed by atoms with Gasteiger partial charge in [0.15, 0.2) is 0 Å². The molecule has 0 spiro atoms. The third kappa shape index (κ3) is 6.32. The van der Waals surface area contributed by atoms with Gasteiger partial charge in [-0.15, -0.1) is 0 Å². The van der Waals surface area contributed by atoms with Gasteiger partial charge in [-0.2, -0.15) is 0 Å². The number of nitrogens with one attached hydrogen (secondary N) is 1. The highest BCUT2D eigenvalue weighted by molar-refractivity contribution is 7.90. The minimum atomic E-state index is -3.53. The number of ether oxygens (including phenoxy) is 1. The molecule has 0 heterocycles. The first kappa shape index (κ1) is 17.3. The minimum Gasteiger partial charge on any atom is -0.481 e. The summed E-state index contributed by atoms with van der Waals surface area (Å²) in [5.41, 5.74) is 0. The van der Waals surface area contributed by atoms with E-state index in [1.165, 1.54) is 14.0 Å². The molecular weight excluding hydrogens is 258 g/mol. The lowest BCUT2D eigenvalue weighted by molar-refractivity contribution is -0.142. The van der Waals surface area contributed by atoms with Gasteiger partial charge in [0.25, 0.3) is 0 Å². The van der Waals surface area contributed by atoms with Gasteiger partial charge in [-0.1, -0.05) is 13.8 Å². The molecule has 0 radical (unpaired) electrons. The highest BCUT2D eigenvalue weighted by Gasteiger charge is 2.25. The number of aliphatic carboxylic acids is 1. The predicted molar refractivity (Wildman–Crippen MR) is 68.8 cm³/mol. The molecule has 0 bridgehead atoms. The van der Waals surface area contributed by atoms with Crippen LogP contribution in [0, 0.1) is 11.8 Å². The van der Waals surface area contributed by atoms with Crippen LogP contribution in [0.25, 0.3) is 0 Å². The molecule has 0 aromatic carbocycles. The molecule has 0 aliphatic carbocycles. The maximum Gasteiger partial charge on any atom is 0.307 e. The van der Waals surface area contributed by atoms with Gasteiger partial charge in [0.05, 0.1) is 17.8 Å². The number of hydrogen-bond donors (Lipinski definition) is 2. The Morgan fingerprint density at radius 1 is 1.33 bits per heavy atom. The van der Waals surface area contributed by atoms with E-state index in [1.807, 2.05) is 13.8 Å². The summed E-state index contributed by atoms with van der Waals surface area (Å²) in [4.78, 5) is 11.0. The molecule has 2 unspecified atom stereocenters. The number of methoxy groups -OCH3 is 1. The molecule has 0 aromatic heterocycles. The van der Waals surface area contributed by atoms with E-state index in [1.54, 1.807) is 0 Å². The van der Waals surface area contributed by atoms with Crippen LogP contribution in [0.3, 0.4) is 0 Å². The highest BCUT2D eigenvalue weighted by Crippen LogP contribution is 2.12. The van der Waals surface area contributed by atoms with E-state index in [9.17, 15) is 13.2 Å². The van der Waals surface area contributed by atoms with Gasteiger partial charge in [-0.05, 0) is 19.3 Å². The van der Waals surface area contributed by atoms with Crippen molar-refractivity contribution in [3.63, 3.8) is 0 Å². The van der Waals surface area contributed by atoms with Gasteiger partial charge in [0.2, 0.25) is 10.0 Å². The van der Waals surface area contributed by atoms with E-state index in [0.29, 0.717) is 6.42 Å². The summed E-state index contributed by atoms with van der Waals surface area (Å²) in [5.74, 6) is -1.48. The Kier molecular flexibility index (Phi) is 7.42. The monoisotopic (exact) mass is 281 g/mol. The fourth-order valence-corrected chi connectivity index (χ4v) is 2.56. The van der Waals surface area contributed by atoms with Crippen LogP contribution in [-0.4, -0.2) is 45.0 Å². The molecule has 7 heteroatoms. The van der Waals surface area contributed by atoms with Crippen molar-refractivity contribution >= 4 is 16.0 Å². The van der Waals surface area contributed by atoms with Crippen molar-refractivity contribution in [3.05, 3.63) is 0 Å². The maximum absolute atomic E-state index is 11.7. The summed E-state index contributed by atoms with van der Waals surface area (Å²) in [6.45, 7) is 5.32. The first-order valence-corrected chi connectivity index (χ1v) is 7.45. The van der Waals surface area contributed by atoms with E-state index in [-0.39, 0.29) is 19.1 Å². The zero-order valence-electron chi connectivity index (χ0n) is 11.3. The number of carbonyl (C=O) groups is 1. The molecule has 0 amide bonds. The second-order valence-electron chi connectivity index (χ2n) is 4.82. The second kappa shape index (κ2) is 7.70. The lowest BCUT2D eigenvalue weighted by atomic mass is 9.98. The van der Waals surface area contributed by atoms with Gasteiger partial charge in [0, 0.05) is 13.7 Å². The molecule has 0 aliphatic rings. The Hall–Kier alpha value is -0.660. The number of hydrogen-bond acceptors (Lipinski definition) is 4. The molecule has 0 aliphatic heterocycles. The lowest BCUT2D eigenvalue weighted by Crippen LogP contribution is -2.39. The first-order chi connectivity index (χ1) is 8.20. The summed E-state index contributed by atoms with van der Waals surface area (Å²) in [6.07, 6.45) is 0.441. The van der Waals surface area contributed by atoms with E-state index < -0.39 is 27.2 Å². The smallest absolute Gasteiger partial charge is 0.307 e. The van der Waals surface area contributed by atoms with E-state index in [0.717, 1.165) is 0 Å². The fourth-order valence-electron chi connectivity index (χ4n) is 1.52. The molecule has 0 saturated carbocycles. The molecule has 2 atom stereocenters. The maximum atomic E-state index is 11.7. The van der Waals surface area contributed by atoms with Gasteiger partial charge < -0.3 is 9.84 Å². The van der Waals surface area contributed by atoms with Crippen LogP contribution in [0.2, 0.25) is 0 Å². The van der Waals surface area contributed by atoms with Crippen molar-refractivity contribution in [1.82, 2.24) is 4.72 Å². The van der Waals surface area contributed by atoms with Gasteiger partial charge in [-0.25, -0.2) is 13.1 Å². The van der Waals surface area contributed by atoms with Crippen molar-refractivity contribution in [2.75, 3.05) is 20.3 Å². The molecule has 0 fully saturated rings. The summed E-state index contributed by atoms with van der Waals surface area (Å²) in [6, 6.07) is 0. The van der Waals surface area contributed by atoms with E-state index in [2.05, 4.69) is 4.72 Å². The first-order valence-electron chi connectivity index (χ1n) is 5.91. The Balaban J connectivity index is 4.47. The number of sulfonamides is 1. The standard InChI is InChI=1S/C11H23NO5S/c1-8(2)5-10(11(13)14)6-12-18(15,16)9(3)7-17-4/h8-10,12H,5-7H2,1-4H3,(H,13,14). The Labute approximate surface area is 109 Å². The zero-order chi connectivity index (χ0) is 14.3. The molecule has 2 N–H and O–H groups in total. The fraction of sp³-hybridized carbons (Fsp3) is 0.909. The molecule has 6 nitrogen and oxygen atoms in total. The number of carboxylic acid groups (broad SMARTS) is 1. The van der Waals surface area contributed by atoms with Crippen LogP contribution >= 0.6 is 0 Å². The SMILES string of the molecule is COCC(C)S(=O)(=O)NCC(CC(C)C)C(=O)O. The average Bonchev–Trinajstić information content (AvgIpc) is 2.23. The average molecular weight is 281 g/mol. The van der Waals surface area contributed by atoms with Gasteiger partial charge in [-0.3, -0.25) is 4.79 Å². The second-order valence-corrected chi connectivity index (χ2v) is 7.01. The van der Waals surface area contributed by atoms with Crippen LogP contribution in [0.4, 0.5) is 0 Å². The van der Waals surface area contributed by atoms with E-state index in [4.69, 9.17) is 9.84 Å². The zero-order valence-corrected chi connectivity index (χ0v) is 12.2. The van der Waals surface area contributed by atoms with Crippen LogP contribution in [0.1, 0.15) is 27.2 Å². The third-order valence-electron chi connectivity index (χ3n) is 2.57. The van der Waals surface area contributed by atoms with Crippen LogP contribution in [0.15, 0.2) is 0 Å². The highest BCUT2D eigenvalue weighted by atomic mass is 32.2. The Bertz CT molecular complexity index is 352. The quantitative estimate of drug-likeness (QED) is 0.648. The lowest BCUT2D eigenvalue weighted by Gasteiger charge is -2.17. The summed E-state index contributed by atoms with van der Waals surface area (Å²) >= 11 is 0. The molecule has 108 valence electrons. The largest absolute Gasteiger partial charge is 0.481 e. The van der Waals surface area contributed by atoms with Gasteiger partial charge in [0.1, 0.15) is 0 Å². The third-order valence-corrected chi connectivity index (χ3v) is 4.33. The van der Waals surface area contributed by atoms with Crippen LogP contribution in [0.5, 0.6) is 0 Å². The minimum absolute atomic E-state index is 0.0795. The summed E-state index contributed by atoms with van der Waals surface area (Å²) in [5, 5.41) is 8.30. The molecule has 0 rings (SSSR count). The van der Waals surface area contributed by atoms with Gasteiger partial charge >= 0.3 is 5.97 Å². The molecule has 18 heavy (non-hydrogen) atoms. The Morgan fingerprint density at radius 2 is 1.89 bits per heavy atom. The summed E-state index contributed by atoms with van der Waals surface area (Å²) < 4.78 is 30.6. The van der Waals surface area contributed by atoms with Crippen molar-refractivity contribution < 1.29 is 23.1 Å². The normalized spacial score (nSPS) is 15.6. The number of carboxylic acids is 1. The predicted octanol–water partition coefficient (Wildman–Crippen LogP) is 0.688. The molecule has 0 aromatic rings.